The Bertz CT molecular complexity index is 841. The Labute approximate surface area is 200 Å². The van der Waals surface area contributed by atoms with E-state index in [0.717, 1.165) is 11.8 Å². The zero-order valence-corrected chi connectivity index (χ0v) is 21.2. The number of rotatable bonds is 10. The fraction of sp³-hybridized carbons (Fsp3) is 0.792. The number of amides is 2. The highest BCUT2D eigenvalue weighted by atomic mass is 32.2. The van der Waals surface area contributed by atoms with Crippen molar-refractivity contribution in [1.82, 2.24) is 21.1 Å². The first-order valence-corrected chi connectivity index (χ1v) is 13.1. The minimum Gasteiger partial charge on any atom is -0.472 e. The molecular formula is C24H38N4O4S. The lowest BCUT2D eigenvalue weighted by Crippen LogP contribution is -2.55. The van der Waals surface area contributed by atoms with Gasteiger partial charge in [0.05, 0.1) is 12.1 Å². The van der Waals surface area contributed by atoms with Crippen molar-refractivity contribution < 1.29 is 18.8 Å². The molecule has 3 N–H and O–H groups in total. The van der Waals surface area contributed by atoms with Crippen LogP contribution in [0.4, 0.5) is 0 Å². The summed E-state index contributed by atoms with van der Waals surface area (Å²) in [6.07, 6.45) is 6.35. The molecule has 33 heavy (non-hydrogen) atoms. The lowest BCUT2D eigenvalue weighted by molar-refractivity contribution is -0.122. The highest BCUT2D eigenvalue weighted by Crippen LogP contribution is 2.53. The average molecular weight is 479 g/mol. The topological polar surface area (TPSA) is 105 Å². The lowest BCUT2D eigenvalue weighted by Gasteiger charge is -2.54. The number of nitrogens with zero attached hydrogens (tertiary/aromatic N) is 1. The normalized spacial score (nSPS) is 28.2. The standard InChI is InChI=1S/C24H38N4O4S/c1-13(2)33-21-20(32-28-23(21)31-12-24(3,4)27-18(29)11-25-5)22(30)26-19-16-7-14-6-15(9-16)10-17(19)8-14/h13-17,19,25H,6-12H2,1-5H3,(H,26,30)(H,27,29). The van der Waals surface area contributed by atoms with Crippen LogP contribution < -0.4 is 20.7 Å². The number of hydrogen-bond acceptors (Lipinski definition) is 7. The van der Waals surface area contributed by atoms with E-state index in [0.29, 0.717) is 22.6 Å². The van der Waals surface area contributed by atoms with Gasteiger partial charge in [0, 0.05) is 11.3 Å². The summed E-state index contributed by atoms with van der Waals surface area (Å²) < 4.78 is 11.5. The molecule has 0 radical (unpaired) electrons. The molecule has 0 atom stereocenters. The Morgan fingerprint density at radius 3 is 2.36 bits per heavy atom. The van der Waals surface area contributed by atoms with Gasteiger partial charge in [-0.05, 0) is 81.8 Å². The molecule has 1 aromatic heterocycles. The van der Waals surface area contributed by atoms with E-state index < -0.39 is 5.54 Å². The summed E-state index contributed by atoms with van der Waals surface area (Å²) in [4.78, 5) is 25.9. The molecule has 4 saturated carbocycles. The van der Waals surface area contributed by atoms with Crippen molar-refractivity contribution in [3.05, 3.63) is 5.76 Å². The molecule has 4 aliphatic rings. The predicted molar refractivity (Wildman–Crippen MR) is 127 cm³/mol. The van der Waals surface area contributed by atoms with Gasteiger partial charge < -0.3 is 25.2 Å². The van der Waals surface area contributed by atoms with Crippen molar-refractivity contribution >= 4 is 23.6 Å². The summed E-state index contributed by atoms with van der Waals surface area (Å²) in [5, 5.41) is 13.4. The van der Waals surface area contributed by atoms with E-state index >= 15 is 0 Å². The number of carbonyl (C=O) groups excluding carboxylic acids is 2. The Morgan fingerprint density at radius 2 is 1.79 bits per heavy atom. The number of nitrogens with one attached hydrogen (secondary N) is 3. The average Bonchev–Trinajstić information content (AvgIpc) is 3.10. The van der Waals surface area contributed by atoms with Crippen LogP contribution in [0.3, 0.4) is 0 Å². The first-order valence-electron chi connectivity index (χ1n) is 12.2. The fourth-order valence-corrected chi connectivity index (χ4v) is 6.99. The van der Waals surface area contributed by atoms with Gasteiger partial charge in [0.2, 0.25) is 11.7 Å². The van der Waals surface area contributed by atoms with Crippen molar-refractivity contribution in [1.29, 1.82) is 0 Å². The molecule has 5 rings (SSSR count). The molecule has 0 spiro atoms. The molecule has 0 aromatic carbocycles. The first-order chi connectivity index (χ1) is 15.6. The summed E-state index contributed by atoms with van der Waals surface area (Å²) in [5.41, 5.74) is -0.602. The van der Waals surface area contributed by atoms with E-state index in [1.54, 1.807) is 7.05 Å². The van der Waals surface area contributed by atoms with Crippen molar-refractivity contribution in [2.24, 2.45) is 23.7 Å². The maximum Gasteiger partial charge on any atom is 0.291 e. The van der Waals surface area contributed by atoms with Crippen LogP contribution >= 0.6 is 11.8 Å². The molecule has 4 aliphatic carbocycles. The van der Waals surface area contributed by atoms with Gasteiger partial charge in [0.25, 0.3) is 11.8 Å². The van der Waals surface area contributed by atoms with Gasteiger partial charge in [-0.25, -0.2) is 0 Å². The van der Waals surface area contributed by atoms with Crippen LogP contribution in [0.25, 0.3) is 0 Å². The molecule has 1 heterocycles. The summed E-state index contributed by atoms with van der Waals surface area (Å²) in [6, 6.07) is 0.234. The smallest absolute Gasteiger partial charge is 0.291 e. The molecule has 184 valence electrons. The monoisotopic (exact) mass is 478 g/mol. The lowest BCUT2D eigenvalue weighted by atomic mass is 9.54. The second-order valence-corrected chi connectivity index (χ2v) is 12.6. The minimum absolute atomic E-state index is 0.112. The number of carbonyl (C=O) groups is 2. The third kappa shape index (κ3) is 5.67. The highest BCUT2D eigenvalue weighted by molar-refractivity contribution is 8.00. The third-order valence-corrected chi connectivity index (χ3v) is 8.16. The Hall–Kier alpha value is -1.74. The first kappa shape index (κ1) is 24.4. The minimum atomic E-state index is -0.602. The number of thioether (sulfide) groups is 1. The summed E-state index contributed by atoms with van der Waals surface area (Å²) in [6.45, 7) is 8.32. The number of ether oxygens (including phenoxy) is 1. The van der Waals surface area contributed by atoms with Crippen LogP contribution in [-0.2, 0) is 4.79 Å². The van der Waals surface area contributed by atoms with Gasteiger partial charge in [-0.1, -0.05) is 13.8 Å². The second kappa shape index (κ2) is 9.86. The predicted octanol–water partition coefficient (Wildman–Crippen LogP) is 3.22. The Kier molecular flexibility index (Phi) is 7.29. The zero-order chi connectivity index (χ0) is 23.8. The zero-order valence-electron chi connectivity index (χ0n) is 20.4. The van der Waals surface area contributed by atoms with E-state index in [9.17, 15) is 9.59 Å². The van der Waals surface area contributed by atoms with E-state index in [1.807, 2.05) is 13.8 Å². The van der Waals surface area contributed by atoms with Gasteiger partial charge in [0.1, 0.15) is 11.5 Å². The van der Waals surface area contributed by atoms with Gasteiger partial charge in [-0.2, -0.15) is 0 Å². The molecule has 4 fully saturated rings. The molecule has 9 heteroatoms. The largest absolute Gasteiger partial charge is 0.472 e. The molecular weight excluding hydrogens is 440 g/mol. The number of hydrogen-bond donors (Lipinski definition) is 3. The Balaban J connectivity index is 1.44. The van der Waals surface area contributed by atoms with Gasteiger partial charge in [-0.15, -0.1) is 11.8 Å². The van der Waals surface area contributed by atoms with E-state index in [1.165, 1.54) is 43.9 Å². The van der Waals surface area contributed by atoms with E-state index in [2.05, 4.69) is 35.0 Å². The quantitative estimate of drug-likeness (QED) is 0.443. The molecule has 2 amide bonds. The molecule has 0 unspecified atom stereocenters. The second-order valence-electron chi connectivity index (χ2n) is 11.0. The van der Waals surface area contributed by atoms with Crippen LogP contribution in [-0.4, -0.2) is 54.0 Å². The number of aromatic nitrogens is 1. The molecule has 0 saturated heterocycles. The fourth-order valence-electron chi connectivity index (χ4n) is 6.09. The van der Waals surface area contributed by atoms with E-state index in [-0.39, 0.29) is 42.0 Å². The van der Waals surface area contributed by atoms with Crippen LogP contribution in [0.2, 0.25) is 0 Å². The van der Waals surface area contributed by atoms with Crippen LogP contribution in [0.15, 0.2) is 9.42 Å². The van der Waals surface area contributed by atoms with Crippen molar-refractivity contribution in [3.63, 3.8) is 0 Å². The molecule has 0 aliphatic heterocycles. The summed E-state index contributed by atoms with van der Waals surface area (Å²) >= 11 is 1.51. The third-order valence-electron chi connectivity index (χ3n) is 7.09. The summed E-state index contributed by atoms with van der Waals surface area (Å²) in [7, 11) is 1.73. The molecule has 1 aromatic rings. The van der Waals surface area contributed by atoms with Gasteiger partial charge in [-0.3, -0.25) is 9.59 Å². The molecule has 8 nitrogen and oxygen atoms in total. The van der Waals surface area contributed by atoms with E-state index in [4.69, 9.17) is 9.26 Å². The highest BCUT2D eigenvalue weighted by Gasteiger charge is 2.49. The van der Waals surface area contributed by atoms with Crippen molar-refractivity contribution in [2.75, 3.05) is 20.2 Å². The maximum absolute atomic E-state index is 13.3. The Morgan fingerprint density at radius 1 is 1.15 bits per heavy atom. The summed E-state index contributed by atoms with van der Waals surface area (Å²) in [5.74, 6) is 3.12. The SMILES string of the molecule is CNCC(=O)NC(C)(C)COc1noc(C(=O)NC2C3CC4CC(C3)CC2C4)c1SC(C)C. The molecule has 4 bridgehead atoms. The number of likely N-dealkylation sites (N-methyl/N-ethyl adjacent to an activating group) is 1. The van der Waals surface area contributed by atoms with Crippen molar-refractivity contribution in [2.45, 2.75) is 81.5 Å². The van der Waals surface area contributed by atoms with Crippen LogP contribution in [0.5, 0.6) is 5.88 Å². The van der Waals surface area contributed by atoms with Gasteiger partial charge >= 0.3 is 0 Å². The van der Waals surface area contributed by atoms with Crippen molar-refractivity contribution in [3.8, 4) is 5.88 Å². The maximum atomic E-state index is 13.3. The van der Waals surface area contributed by atoms with Crippen LogP contribution in [0, 0.1) is 23.7 Å². The van der Waals surface area contributed by atoms with Crippen LogP contribution in [0.1, 0.15) is 70.4 Å². The van der Waals surface area contributed by atoms with Gasteiger partial charge in [0.15, 0.2) is 0 Å².